The van der Waals surface area contributed by atoms with Gasteiger partial charge in [0.25, 0.3) is 0 Å². The van der Waals surface area contributed by atoms with Crippen LogP contribution in [-0.4, -0.2) is 0 Å². The van der Waals surface area contributed by atoms with Gasteiger partial charge in [-0.3, -0.25) is 0 Å². The molecule has 4 rings (SSSR count). The number of nitrogen functional groups attached to an aromatic ring is 1. The Kier molecular flexibility index (Phi) is 2.65. The predicted molar refractivity (Wildman–Crippen MR) is 91.3 cm³/mol. The van der Waals surface area contributed by atoms with E-state index >= 15 is 0 Å². The molecule has 0 aromatic heterocycles. The van der Waals surface area contributed by atoms with Crippen LogP contribution < -0.4 is 5.73 Å². The fraction of sp³-hybridized carbons (Fsp3) is 0. The van der Waals surface area contributed by atoms with E-state index < -0.39 is 0 Å². The monoisotopic (exact) mass is 269 g/mol. The summed E-state index contributed by atoms with van der Waals surface area (Å²) in [7, 11) is 0. The van der Waals surface area contributed by atoms with Gasteiger partial charge in [-0.1, -0.05) is 66.7 Å². The summed E-state index contributed by atoms with van der Waals surface area (Å²) in [5.41, 5.74) is 9.51. The first-order valence-corrected chi connectivity index (χ1v) is 7.10. The summed E-state index contributed by atoms with van der Waals surface area (Å²) in [5, 5.41) is 4.85. The number of benzene rings is 4. The molecule has 0 saturated heterocycles. The van der Waals surface area contributed by atoms with E-state index in [1.165, 1.54) is 27.3 Å². The second-order valence-electron chi connectivity index (χ2n) is 5.28. The number of nitrogens with two attached hydrogens (primary N) is 1. The lowest BCUT2D eigenvalue weighted by atomic mass is 9.92. The molecule has 0 spiro atoms. The van der Waals surface area contributed by atoms with Crippen LogP contribution in [0, 0.1) is 0 Å². The average Bonchev–Trinajstić information content (AvgIpc) is 2.55. The largest absolute Gasteiger partial charge is 0.398 e. The zero-order valence-corrected chi connectivity index (χ0v) is 11.6. The van der Waals surface area contributed by atoms with E-state index in [0.29, 0.717) is 0 Å². The molecule has 0 amide bonds. The zero-order valence-electron chi connectivity index (χ0n) is 11.6. The van der Waals surface area contributed by atoms with Gasteiger partial charge in [-0.05, 0) is 39.4 Å². The van der Waals surface area contributed by atoms with Crippen molar-refractivity contribution < 1.29 is 0 Å². The van der Waals surface area contributed by atoms with Crippen molar-refractivity contribution in [2.75, 3.05) is 5.73 Å². The molecule has 1 nitrogen and oxygen atoms in total. The van der Waals surface area contributed by atoms with Gasteiger partial charge in [-0.2, -0.15) is 0 Å². The average molecular weight is 269 g/mol. The van der Waals surface area contributed by atoms with Crippen LogP contribution in [0.3, 0.4) is 0 Å². The lowest BCUT2D eigenvalue weighted by Gasteiger charge is -2.13. The number of rotatable bonds is 1. The van der Waals surface area contributed by atoms with Gasteiger partial charge in [0.1, 0.15) is 0 Å². The highest BCUT2D eigenvalue weighted by Crippen LogP contribution is 2.37. The molecule has 4 aromatic carbocycles. The molecule has 0 unspecified atom stereocenters. The fourth-order valence-electron chi connectivity index (χ4n) is 3.04. The Morgan fingerprint density at radius 3 is 2.19 bits per heavy atom. The van der Waals surface area contributed by atoms with Crippen molar-refractivity contribution in [3.05, 3.63) is 78.9 Å². The van der Waals surface area contributed by atoms with E-state index in [2.05, 4.69) is 60.7 Å². The summed E-state index contributed by atoms with van der Waals surface area (Å²) in [6, 6.07) is 27.3. The number of hydrogen-bond acceptors (Lipinski definition) is 1. The maximum Gasteiger partial charge on any atom is 0.0400 e. The van der Waals surface area contributed by atoms with Gasteiger partial charge in [-0.15, -0.1) is 0 Å². The highest BCUT2D eigenvalue weighted by Gasteiger charge is 2.10. The molecule has 100 valence electrons. The lowest BCUT2D eigenvalue weighted by Crippen LogP contribution is -1.91. The second kappa shape index (κ2) is 4.64. The minimum Gasteiger partial charge on any atom is -0.398 e. The molecule has 2 N–H and O–H groups in total. The van der Waals surface area contributed by atoms with E-state index in [1.54, 1.807) is 0 Å². The molecule has 0 aliphatic rings. The Balaban J connectivity index is 2.23. The van der Waals surface area contributed by atoms with Crippen LogP contribution in [0.5, 0.6) is 0 Å². The van der Waals surface area contributed by atoms with Gasteiger partial charge < -0.3 is 5.73 Å². The van der Waals surface area contributed by atoms with Crippen molar-refractivity contribution in [2.45, 2.75) is 0 Å². The minimum atomic E-state index is 0.831. The third-order valence-electron chi connectivity index (χ3n) is 4.00. The van der Waals surface area contributed by atoms with E-state index in [0.717, 1.165) is 11.1 Å². The van der Waals surface area contributed by atoms with Crippen molar-refractivity contribution in [1.82, 2.24) is 0 Å². The summed E-state index contributed by atoms with van der Waals surface area (Å²) in [5.74, 6) is 0. The first-order chi connectivity index (χ1) is 10.3. The highest BCUT2D eigenvalue weighted by molar-refractivity contribution is 6.17. The van der Waals surface area contributed by atoms with Gasteiger partial charge in [0.05, 0.1) is 0 Å². The fourth-order valence-corrected chi connectivity index (χ4v) is 3.04. The van der Waals surface area contributed by atoms with Gasteiger partial charge in [0.15, 0.2) is 0 Å². The number of hydrogen-bond donors (Lipinski definition) is 1. The van der Waals surface area contributed by atoms with E-state index in [4.69, 9.17) is 5.73 Å². The lowest BCUT2D eigenvalue weighted by molar-refractivity contribution is 1.66. The molecule has 1 heteroatoms. The molecule has 0 fully saturated rings. The third kappa shape index (κ3) is 1.86. The van der Waals surface area contributed by atoms with Crippen LogP contribution in [0.1, 0.15) is 0 Å². The summed E-state index contributed by atoms with van der Waals surface area (Å²) >= 11 is 0. The molecule has 21 heavy (non-hydrogen) atoms. The van der Waals surface area contributed by atoms with Crippen LogP contribution in [0.25, 0.3) is 32.7 Å². The van der Waals surface area contributed by atoms with Gasteiger partial charge in [0, 0.05) is 11.1 Å². The molecular formula is C20H15N. The van der Waals surface area contributed by atoms with Crippen molar-refractivity contribution in [3.8, 4) is 11.1 Å². The van der Waals surface area contributed by atoms with Crippen molar-refractivity contribution in [3.63, 3.8) is 0 Å². The molecular weight excluding hydrogens is 254 g/mol. The standard InChI is InChI=1S/C20H15N/c21-19-12-6-11-17-16-10-5-4-9-15(16)13-18(20(17)19)14-7-2-1-3-8-14/h1-13H,21H2. The van der Waals surface area contributed by atoms with Gasteiger partial charge in [-0.25, -0.2) is 0 Å². The third-order valence-corrected chi connectivity index (χ3v) is 4.00. The number of anilines is 1. The summed E-state index contributed by atoms with van der Waals surface area (Å²) in [6.45, 7) is 0. The second-order valence-corrected chi connectivity index (χ2v) is 5.28. The molecule has 0 saturated carbocycles. The van der Waals surface area contributed by atoms with Gasteiger partial charge in [0.2, 0.25) is 0 Å². The first kappa shape index (κ1) is 12.0. The molecule has 0 radical (unpaired) electrons. The highest BCUT2D eigenvalue weighted by atomic mass is 14.6. The molecule has 4 aromatic rings. The van der Waals surface area contributed by atoms with Crippen molar-refractivity contribution >= 4 is 27.2 Å². The Morgan fingerprint density at radius 2 is 1.33 bits per heavy atom. The van der Waals surface area contributed by atoms with Crippen molar-refractivity contribution in [1.29, 1.82) is 0 Å². The molecule has 0 bridgehead atoms. The molecule has 0 aliphatic carbocycles. The Labute approximate surface area is 123 Å². The normalized spacial score (nSPS) is 11.0. The van der Waals surface area contributed by atoms with Crippen LogP contribution in [-0.2, 0) is 0 Å². The van der Waals surface area contributed by atoms with Crippen LogP contribution in [0.15, 0.2) is 78.9 Å². The Morgan fingerprint density at radius 1 is 0.619 bits per heavy atom. The number of fused-ring (bicyclic) bond motifs is 3. The predicted octanol–water partition coefficient (Wildman–Crippen LogP) is 5.24. The molecule has 0 heterocycles. The summed E-state index contributed by atoms with van der Waals surface area (Å²) < 4.78 is 0. The molecule has 0 atom stereocenters. The van der Waals surface area contributed by atoms with E-state index in [1.807, 2.05) is 18.2 Å². The van der Waals surface area contributed by atoms with Crippen molar-refractivity contribution in [2.24, 2.45) is 0 Å². The smallest absolute Gasteiger partial charge is 0.0400 e. The van der Waals surface area contributed by atoms with Crippen LogP contribution in [0.4, 0.5) is 5.69 Å². The summed E-state index contributed by atoms with van der Waals surface area (Å²) in [4.78, 5) is 0. The Bertz CT molecular complexity index is 940. The van der Waals surface area contributed by atoms with Crippen LogP contribution in [0.2, 0.25) is 0 Å². The Hall–Kier alpha value is -2.80. The first-order valence-electron chi connectivity index (χ1n) is 7.10. The summed E-state index contributed by atoms with van der Waals surface area (Å²) in [6.07, 6.45) is 0. The minimum absolute atomic E-state index is 0.831. The van der Waals surface area contributed by atoms with E-state index in [-0.39, 0.29) is 0 Å². The van der Waals surface area contributed by atoms with Crippen LogP contribution >= 0.6 is 0 Å². The maximum atomic E-state index is 6.29. The SMILES string of the molecule is Nc1cccc2c1c(-c1ccccc1)cc1ccccc12. The molecule has 0 aliphatic heterocycles. The topological polar surface area (TPSA) is 26.0 Å². The quantitative estimate of drug-likeness (QED) is 0.371. The maximum absolute atomic E-state index is 6.29. The zero-order chi connectivity index (χ0) is 14.2. The van der Waals surface area contributed by atoms with E-state index in [9.17, 15) is 0 Å². The van der Waals surface area contributed by atoms with Gasteiger partial charge >= 0.3 is 0 Å².